The first-order chi connectivity index (χ1) is 15.7. The van der Waals surface area contributed by atoms with E-state index in [4.69, 9.17) is 5.73 Å². The van der Waals surface area contributed by atoms with E-state index in [0.29, 0.717) is 11.7 Å². The number of piperidine rings is 1. The highest BCUT2D eigenvalue weighted by Crippen LogP contribution is 2.42. The summed E-state index contributed by atoms with van der Waals surface area (Å²) in [5, 5.41) is 6.05. The Balaban J connectivity index is 1.42. The Morgan fingerprint density at radius 2 is 1.91 bits per heavy atom. The predicted molar refractivity (Wildman–Crippen MR) is 133 cm³/mol. The fourth-order valence-corrected chi connectivity index (χ4v) is 5.33. The number of unbranched alkanes of at least 4 members (excludes halogenated alkanes) is 1. The van der Waals surface area contributed by atoms with Crippen molar-refractivity contribution in [2.24, 2.45) is 5.92 Å². The largest absolute Gasteiger partial charge is 0.383 e. The minimum atomic E-state index is 0.213. The molecule has 1 fully saturated rings. The van der Waals surface area contributed by atoms with Crippen molar-refractivity contribution in [3.8, 4) is 0 Å². The van der Waals surface area contributed by atoms with Gasteiger partial charge in [0.1, 0.15) is 18.0 Å². The molecule has 0 spiro atoms. The van der Waals surface area contributed by atoms with Gasteiger partial charge in [0.15, 0.2) is 0 Å². The summed E-state index contributed by atoms with van der Waals surface area (Å²) in [5.74, 6) is 2.56. The second-order valence-corrected chi connectivity index (χ2v) is 9.27. The average Bonchev–Trinajstić information content (AvgIpc) is 3.19. The SMILES string of the molecule is C=CCCCc1ccc2cc(C3CN(CC4CCNCC4)c4ncnc(N)c43)ccc2c1. The number of fused-ring (bicyclic) bond motifs is 2. The highest BCUT2D eigenvalue weighted by molar-refractivity contribution is 5.84. The molecule has 5 heteroatoms. The predicted octanol–water partition coefficient (Wildman–Crippen LogP) is 4.67. The van der Waals surface area contributed by atoms with Gasteiger partial charge in [-0.3, -0.25) is 0 Å². The van der Waals surface area contributed by atoms with E-state index in [0.717, 1.165) is 56.8 Å². The summed E-state index contributed by atoms with van der Waals surface area (Å²) in [6.45, 7) is 8.02. The van der Waals surface area contributed by atoms with Gasteiger partial charge < -0.3 is 16.0 Å². The van der Waals surface area contributed by atoms with Crippen LogP contribution >= 0.6 is 0 Å². The molecule has 1 aromatic heterocycles. The van der Waals surface area contributed by atoms with E-state index in [1.54, 1.807) is 6.33 Å². The molecule has 0 radical (unpaired) electrons. The number of benzene rings is 2. The van der Waals surface area contributed by atoms with E-state index in [1.807, 2.05) is 6.08 Å². The second-order valence-electron chi connectivity index (χ2n) is 9.27. The van der Waals surface area contributed by atoms with Gasteiger partial charge in [0.2, 0.25) is 0 Å². The smallest absolute Gasteiger partial charge is 0.138 e. The Labute approximate surface area is 190 Å². The van der Waals surface area contributed by atoms with Crippen LogP contribution in [0.25, 0.3) is 10.8 Å². The number of nitrogens with zero attached hydrogens (tertiary/aromatic N) is 3. The molecule has 0 aliphatic carbocycles. The quantitative estimate of drug-likeness (QED) is 0.424. The first-order valence-electron chi connectivity index (χ1n) is 11.9. The van der Waals surface area contributed by atoms with Gasteiger partial charge >= 0.3 is 0 Å². The second kappa shape index (κ2) is 9.29. The van der Waals surface area contributed by atoms with Crippen molar-refractivity contribution >= 4 is 22.4 Å². The van der Waals surface area contributed by atoms with Crippen LogP contribution in [0.5, 0.6) is 0 Å². The van der Waals surface area contributed by atoms with Gasteiger partial charge in [0, 0.05) is 24.6 Å². The van der Waals surface area contributed by atoms with Crippen molar-refractivity contribution in [3.05, 3.63) is 72.1 Å². The number of aryl methyl sites for hydroxylation is 1. The van der Waals surface area contributed by atoms with Crippen LogP contribution in [0, 0.1) is 5.92 Å². The highest BCUT2D eigenvalue weighted by atomic mass is 15.2. The molecule has 2 aromatic carbocycles. The van der Waals surface area contributed by atoms with E-state index >= 15 is 0 Å². The third kappa shape index (κ3) is 4.22. The molecule has 2 aliphatic heterocycles. The molecule has 1 atom stereocenters. The summed E-state index contributed by atoms with van der Waals surface area (Å²) < 4.78 is 0. The van der Waals surface area contributed by atoms with Gasteiger partial charge in [0.25, 0.3) is 0 Å². The molecule has 32 heavy (non-hydrogen) atoms. The topological polar surface area (TPSA) is 67.1 Å². The zero-order valence-electron chi connectivity index (χ0n) is 18.8. The van der Waals surface area contributed by atoms with Crippen molar-refractivity contribution in [3.63, 3.8) is 0 Å². The standard InChI is InChI=1S/C27H33N5/c1-2-3-4-5-19-6-7-22-15-23(9-8-21(22)14-19)24-17-32(16-20-10-12-29-13-11-20)27-25(24)26(28)30-18-31-27/h2,6-9,14-15,18,20,24,29H,1,3-5,10-13,16-17H2,(H2,28,30,31). The lowest BCUT2D eigenvalue weighted by Crippen LogP contribution is -2.36. The average molecular weight is 428 g/mol. The number of aromatic nitrogens is 2. The molecule has 1 unspecified atom stereocenters. The van der Waals surface area contributed by atoms with E-state index in [1.165, 1.54) is 34.7 Å². The summed E-state index contributed by atoms with van der Waals surface area (Å²) in [7, 11) is 0. The van der Waals surface area contributed by atoms with Crippen LogP contribution in [0.1, 0.15) is 48.3 Å². The van der Waals surface area contributed by atoms with Crippen LogP contribution in [0.3, 0.4) is 0 Å². The maximum absolute atomic E-state index is 6.39. The van der Waals surface area contributed by atoms with Crippen molar-refractivity contribution in [1.29, 1.82) is 0 Å². The molecule has 0 amide bonds. The normalized spacial score (nSPS) is 18.8. The van der Waals surface area contributed by atoms with Crippen LogP contribution in [0.4, 0.5) is 11.6 Å². The molecule has 0 saturated carbocycles. The summed E-state index contributed by atoms with van der Waals surface area (Å²) in [6.07, 6.45) is 9.37. The third-order valence-electron chi connectivity index (χ3n) is 7.09. The first-order valence-corrected chi connectivity index (χ1v) is 11.9. The lowest BCUT2D eigenvalue weighted by molar-refractivity contribution is 0.374. The van der Waals surface area contributed by atoms with Gasteiger partial charge in [-0.05, 0) is 73.0 Å². The van der Waals surface area contributed by atoms with Gasteiger partial charge in [0.05, 0.1) is 0 Å². The van der Waals surface area contributed by atoms with Crippen LogP contribution in [0.2, 0.25) is 0 Å². The Morgan fingerprint density at radius 1 is 1.09 bits per heavy atom. The molecule has 3 heterocycles. The summed E-state index contributed by atoms with van der Waals surface area (Å²) >= 11 is 0. The van der Waals surface area contributed by atoms with Crippen LogP contribution in [0.15, 0.2) is 55.4 Å². The van der Waals surface area contributed by atoms with E-state index in [9.17, 15) is 0 Å². The van der Waals surface area contributed by atoms with Crippen LogP contribution < -0.4 is 16.0 Å². The molecular formula is C27H33N5. The molecule has 2 aliphatic rings. The summed E-state index contributed by atoms with van der Waals surface area (Å²) in [4.78, 5) is 11.5. The molecule has 5 nitrogen and oxygen atoms in total. The fourth-order valence-electron chi connectivity index (χ4n) is 5.33. The summed E-state index contributed by atoms with van der Waals surface area (Å²) in [6, 6.07) is 13.7. The molecule has 1 saturated heterocycles. The van der Waals surface area contributed by atoms with Crippen LogP contribution in [-0.4, -0.2) is 36.1 Å². The molecule has 3 aromatic rings. The summed E-state index contributed by atoms with van der Waals surface area (Å²) in [5.41, 5.74) is 10.2. The fraction of sp³-hybridized carbons (Fsp3) is 0.407. The third-order valence-corrected chi connectivity index (χ3v) is 7.09. The number of rotatable bonds is 7. The highest BCUT2D eigenvalue weighted by Gasteiger charge is 2.34. The van der Waals surface area contributed by atoms with Gasteiger partial charge in [-0.25, -0.2) is 9.97 Å². The van der Waals surface area contributed by atoms with Crippen molar-refractivity contribution in [2.45, 2.75) is 38.0 Å². The lowest BCUT2D eigenvalue weighted by Gasteiger charge is -2.28. The maximum Gasteiger partial charge on any atom is 0.138 e. The van der Waals surface area contributed by atoms with Crippen molar-refractivity contribution < 1.29 is 0 Å². The van der Waals surface area contributed by atoms with E-state index < -0.39 is 0 Å². The number of allylic oxidation sites excluding steroid dienone is 1. The Morgan fingerprint density at radius 3 is 2.75 bits per heavy atom. The van der Waals surface area contributed by atoms with Crippen molar-refractivity contribution in [1.82, 2.24) is 15.3 Å². The van der Waals surface area contributed by atoms with Gasteiger partial charge in [-0.2, -0.15) is 0 Å². The zero-order valence-corrected chi connectivity index (χ0v) is 18.8. The first kappa shape index (κ1) is 21.0. The number of hydrogen-bond acceptors (Lipinski definition) is 5. The van der Waals surface area contributed by atoms with E-state index in [-0.39, 0.29) is 5.92 Å². The minimum Gasteiger partial charge on any atom is -0.383 e. The Kier molecular flexibility index (Phi) is 6.08. The van der Waals surface area contributed by atoms with Crippen molar-refractivity contribution in [2.75, 3.05) is 36.8 Å². The number of nitrogens with one attached hydrogen (secondary N) is 1. The number of nitrogen functional groups attached to an aromatic ring is 1. The van der Waals surface area contributed by atoms with Gasteiger partial charge in [-0.15, -0.1) is 6.58 Å². The monoisotopic (exact) mass is 427 g/mol. The minimum absolute atomic E-state index is 0.213. The Bertz CT molecular complexity index is 1100. The molecule has 3 N–H and O–H groups in total. The lowest BCUT2D eigenvalue weighted by atomic mass is 9.91. The number of anilines is 2. The molecule has 0 bridgehead atoms. The zero-order chi connectivity index (χ0) is 21.9. The molecular weight excluding hydrogens is 394 g/mol. The molecule has 5 rings (SSSR count). The number of hydrogen-bond donors (Lipinski definition) is 2. The maximum atomic E-state index is 6.39. The van der Waals surface area contributed by atoms with E-state index in [2.05, 4.69) is 63.2 Å². The Hall–Kier alpha value is -2.92. The number of nitrogens with two attached hydrogens (primary N) is 1. The van der Waals surface area contributed by atoms with Gasteiger partial charge in [-0.1, -0.05) is 42.5 Å². The molecule has 166 valence electrons. The van der Waals surface area contributed by atoms with Crippen LogP contribution in [-0.2, 0) is 6.42 Å².